The molecule has 14 heavy (non-hydrogen) atoms. The largest absolute Gasteiger partial charge is 0.324 e. The Morgan fingerprint density at radius 1 is 1.57 bits per heavy atom. The number of rotatable bonds is 2. The van der Waals surface area contributed by atoms with Gasteiger partial charge in [0, 0.05) is 21.1 Å². The molecule has 0 amide bonds. The van der Waals surface area contributed by atoms with Gasteiger partial charge in [-0.15, -0.1) is 0 Å². The zero-order valence-electron chi connectivity index (χ0n) is 8.00. The van der Waals surface area contributed by atoms with E-state index < -0.39 is 0 Å². The molecule has 1 nitrogen and oxygen atoms in total. The summed E-state index contributed by atoms with van der Waals surface area (Å²) in [5.74, 6) is 1.35. The Morgan fingerprint density at radius 3 is 2.71 bits per heavy atom. The van der Waals surface area contributed by atoms with Crippen molar-refractivity contribution in [3.63, 3.8) is 0 Å². The average Bonchev–Trinajstić information content (AvgIpc) is 2.82. The van der Waals surface area contributed by atoms with Crippen LogP contribution >= 0.6 is 27.5 Å². The van der Waals surface area contributed by atoms with Crippen molar-refractivity contribution in [1.29, 1.82) is 0 Å². The normalized spacial score (nSPS) is 27.4. The third-order valence-corrected chi connectivity index (χ3v) is 3.99. The van der Waals surface area contributed by atoms with Gasteiger partial charge in [-0.25, -0.2) is 0 Å². The minimum absolute atomic E-state index is 0.0769. The third-order valence-electron chi connectivity index (χ3n) is 2.97. The Kier molecular flexibility index (Phi) is 2.87. The molecule has 3 unspecified atom stereocenters. The smallest absolute Gasteiger partial charge is 0.0465 e. The van der Waals surface area contributed by atoms with Gasteiger partial charge in [0.2, 0.25) is 0 Å². The Morgan fingerprint density at radius 2 is 2.21 bits per heavy atom. The summed E-state index contributed by atoms with van der Waals surface area (Å²) >= 11 is 9.63. The van der Waals surface area contributed by atoms with Gasteiger partial charge in [-0.2, -0.15) is 0 Å². The van der Waals surface area contributed by atoms with Crippen molar-refractivity contribution in [3.8, 4) is 0 Å². The molecule has 2 rings (SSSR count). The van der Waals surface area contributed by atoms with Crippen molar-refractivity contribution >= 4 is 27.5 Å². The molecule has 1 aromatic carbocycles. The Labute approximate surface area is 97.8 Å². The van der Waals surface area contributed by atoms with Gasteiger partial charge in [0.15, 0.2) is 0 Å². The third kappa shape index (κ3) is 1.83. The standard InChI is InChI=1S/C11H13BrClN/c1-6-5-7(6)11(14)10-8(12)3-2-4-9(10)13/h2-4,6-7,11H,5,14H2,1H3. The van der Waals surface area contributed by atoms with E-state index in [-0.39, 0.29) is 6.04 Å². The summed E-state index contributed by atoms with van der Waals surface area (Å²) in [5, 5.41) is 0.769. The first-order chi connectivity index (χ1) is 6.61. The lowest BCUT2D eigenvalue weighted by Crippen LogP contribution is -2.14. The highest BCUT2D eigenvalue weighted by molar-refractivity contribution is 9.10. The maximum Gasteiger partial charge on any atom is 0.0465 e. The maximum absolute atomic E-state index is 6.18. The first-order valence-corrected chi connectivity index (χ1v) is 5.98. The predicted molar refractivity (Wildman–Crippen MR) is 63.4 cm³/mol. The van der Waals surface area contributed by atoms with Crippen molar-refractivity contribution in [2.45, 2.75) is 19.4 Å². The second kappa shape index (κ2) is 3.84. The van der Waals surface area contributed by atoms with E-state index in [4.69, 9.17) is 17.3 Å². The molecule has 0 aliphatic heterocycles. The summed E-state index contributed by atoms with van der Waals surface area (Å²) in [4.78, 5) is 0. The van der Waals surface area contributed by atoms with E-state index in [1.165, 1.54) is 6.42 Å². The first kappa shape index (κ1) is 10.5. The topological polar surface area (TPSA) is 26.0 Å². The van der Waals surface area contributed by atoms with Crippen LogP contribution in [0.5, 0.6) is 0 Å². The minimum Gasteiger partial charge on any atom is -0.324 e. The van der Waals surface area contributed by atoms with Gasteiger partial charge in [0.25, 0.3) is 0 Å². The monoisotopic (exact) mass is 273 g/mol. The molecule has 0 spiro atoms. The highest BCUT2D eigenvalue weighted by Gasteiger charge is 2.39. The fourth-order valence-corrected chi connectivity index (χ4v) is 2.94. The zero-order valence-corrected chi connectivity index (χ0v) is 10.3. The van der Waals surface area contributed by atoms with Gasteiger partial charge in [0.1, 0.15) is 0 Å². The molecule has 76 valence electrons. The van der Waals surface area contributed by atoms with Crippen LogP contribution in [0, 0.1) is 11.8 Å². The van der Waals surface area contributed by atoms with Crippen molar-refractivity contribution in [3.05, 3.63) is 33.3 Å². The Balaban J connectivity index is 2.31. The Bertz CT molecular complexity index is 333. The van der Waals surface area contributed by atoms with Gasteiger partial charge < -0.3 is 5.73 Å². The highest BCUT2D eigenvalue weighted by Crippen LogP contribution is 2.48. The summed E-state index contributed by atoms with van der Waals surface area (Å²) in [5.41, 5.74) is 7.24. The van der Waals surface area contributed by atoms with Crippen LogP contribution in [0.2, 0.25) is 5.02 Å². The van der Waals surface area contributed by atoms with Crippen LogP contribution in [0.15, 0.2) is 22.7 Å². The molecule has 1 aliphatic rings. The van der Waals surface area contributed by atoms with Crippen LogP contribution in [-0.2, 0) is 0 Å². The van der Waals surface area contributed by atoms with Crippen LogP contribution in [-0.4, -0.2) is 0 Å². The number of hydrogen-bond donors (Lipinski definition) is 1. The number of hydrogen-bond acceptors (Lipinski definition) is 1. The van der Waals surface area contributed by atoms with E-state index in [0.717, 1.165) is 21.0 Å². The highest BCUT2D eigenvalue weighted by atomic mass is 79.9. The summed E-state index contributed by atoms with van der Waals surface area (Å²) in [6.45, 7) is 2.23. The lowest BCUT2D eigenvalue weighted by molar-refractivity contribution is 0.591. The lowest BCUT2D eigenvalue weighted by atomic mass is 10.0. The molecule has 1 aliphatic carbocycles. The van der Waals surface area contributed by atoms with E-state index >= 15 is 0 Å². The molecular weight excluding hydrogens is 261 g/mol. The van der Waals surface area contributed by atoms with Crippen molar-refractivity contribution in [2.75, 3.05) is 0 Å². The van der Waals surface area contributed by atoms with E-state index in [9.17, 15) is 0 Å². The Hall–Kier alpha value is -0.0500. The molecule has 1 saturated carbocycles. The molecule has 0 bridgehead atoms. The van der Waals surface area contributed by atoms with Crippen LogP contribution < -0.4 is 5.73 Å². The fourth-order valence-electron chi connectivity index (χ4n) is 1.89. The quantitative estimate of drug-likeness (QED) is 0.873. The molecular formula is C11H13BrClN. The van der Waals surface area contributed by atoms with Crippen LogP contribution in [0.25, 0.3) is 0 Å². The van der Waals surface area contributed by atoms with Gasteiger partial charge in [-0.3, -0.25) is 0 Å². The summed E-state index contributed by atoms with van der Waals surface area (Å²) in [6.07, 6.45) is 1.22. The fraction of sp³-hybridized carbons (Fsp3) is 0.455. The number of benzene rings is 1. The number of halogens is 2. The molecule has 0 heterocycles. The minimum atomic E-state index is 0.0769. The summed E-state index contributed by atoms with van der Waals surface area (Å²) in [6, 6.07) is 5.90. The zero-order chi connectivity index (χ0) is 10.3. The van der Waals surface area contributed by atoms with Crippen molar-refractivity contribution in [1.82, 2.24) is 0 Å². The van der Waals surface area contributed by atoms with E-state index in [1.807, 2.05) is 18.2 Å². The molecule has 0 radical (unpaired) electrons. The molecule has 2 N–H and O–H groups in total. The molecule has 1 fully saturated rings. The molecule has 0 aromatic heterocycles. The summed E-state index contributed by atoms with van der Waals surface area (Å²) in [7, 11) is 0. The average molecular weight is 275 g/mol. The van der Waals surface area contributed by atoms with Crippen LogP contribution in [0.3, 0.4) is 0 Å². The molecule has 0 saturated heterocycles. The van der Waals surface area contributed by atoms with Gasteiger partial charge in [-0.05, 0) is 30.4 Å². The first-order valence-electron chi connectivity index (χ1n) is 4.80. The second-order valence-corrected chi connectivity index (χ2v) is 5.30. The maximum atomic E-state index is 6.18. The number of nitrogens with two attached hydrogens (primary N) is 1. The van der Waals surface area contributed by atoms with Gasteiger partial charge in [0.05, 0.1) is 0 Å². The van der Waals surface area contributed by atoms with Crippen LogP contribution in [0.4, 0.5) is 0 Å². The second-order valence-electron chi connectivity index (χ2n) is 4.04. The molecule has 3 atom stereocenters. The molecule has 1 aromatic rings. The molecule has 3 heteroatoms. The summed E-state index contributed by atoms with van der Waals surface area (Å²) < 4.78 is 1.02. The van der Waals surface area contributed by atoms with Crippen molar-refractivity contribution < 1.29 is 0 Å². The van der Waals surface area contributed by atoms with Gasteiger partial charge >= 0.3 is 0 Å². The van der Waals surface area contributed by atoms with Gasteiger partial charge in [-0.1, -0.05) is 40.5 Å². The van der Waals surface area contributed by atoms with E-state index in [2.05, 4.69) is 22.9 Å². The lowest BCUT2D eigenvalue weighted by Gasteiger charge is -2.15. The van der Waals surface area contributed by atoms with Crippen LogP contribution in [0.1, 0.15) is 24.9 Å². The van der Waals surface area contributed by atoms with E-state index in [0.29, 0.717) is 5.92 Å². The SMILES string of the molecule is CC1CC1C(N)c1c(Cl)cccc1Br. The predicted octanol–water partition coefficient (Wildman–Crippen LogP) is 3.76. The van der Waals surface area contributed by atoms with E-state index in [1.54, 1.807) is 0 Å². The van der Waals surface area contributed by atoms with Crippen molar-refractivity contribution in [2.24, 2.45) is 17.6 Å².